The molecule has 1 fully saturated rings. The molecule has 0 aromatic rings. The van der Waals surface area contributed by atoms with Crippen molar-refractivity contribution in [1.29, 1.82) is 21.0 Å². The molecule has 0 atom stereocenters. The van der Waals surface area contributed by atoms with Crippen molar-refractivity contribution in [2.75, 3.05) is 0 Å². The summed E-state index contributed by atoms with van der Waals surface area (Å²) in [6.07, 6.45) is 3.58. The van der Waals surface area contributed by atoms with E-state index >= 15 is 0 Å². The Hall–Kier alpha value is -2.89. The molecule has 2 aliphatic rings. The van der Waals surface area contributed by atoms with Crippen molar-refractivity contribution in [3.63, 3.8) is 0 Å². The van der Waals surface area contributed by atoms with Crippen molar-refractivity contribution >= 4 is 5.71 Å². The van der Waals surface area contributed by atoms with E-state index in [2.05, 4.69) is 4.99 Å². The second-order valence-electron chi connectivity index (χ2n) is 5.13. The Morgan fingerprint density at radius 1 is 0.850 bits per heavy atom. The number of hydrogen-bond donors (Lipinski definition) is 0. The van der Waals surface area contributed by atoms with Gasteiger partial charge in [-0.25, -0.2) is 0 Å². The smallest absolute Gasteiger partial charge is 0.209 e. The van der Waals surface area contributed by atoms with Crippen molar-refractivity contribution in [3.8, 4) is 24.3 Å². The summed E-state index contributed by atoms with van der Waals surface area (Å²) in [5.74, 6) is 0. The number of hydrogen-bond acceptors (Lipinski definition) is 5. The Kier molecular flexibility index (Phi) is 2.57. The third-order valence-corrected chi connectivity index (χ3v) is 4.05. The van der Waals surface area contributed by atoms with Gasteiger partial charge in [0.2, 0.25) is 10.8 Å². The summed E-state index contributed by atoms with van der Waals surface area (Å²) in [5, 5.41) is 37.8. The molecule has 1 saturated carbocycles. The quantitative estimate of drug-likeness (QED) is 0.665. The summed E-state index contributed by atoms with van der Waals surface area (Å²) in [6, 6.07) is 7.49. The Labute approximate surface area is 117 Å². The van der Waals surface area contributed by atoms with Gasteiger partial charge in [0.1, 0.15) is 0 Å². The van der Waals surface area contributed by atoms with Crippen LogP contribution >= 0.6 is 0 Å². The molecule has 5 nitrogen and oxygen atoms in total. The summed E-state index contributed by atoms with van der Waals surface area (Å²) in [5.41, 5.74) is -2.83. The molecule has 1 heterocycles. The van der Waals surface area contributed by atoms with E-state index < -0.39 is 16.4 Å². The Morgan fingerprint density at radius 2 is 1.30 bits per heavy atom. The number of rotatable bonds is 0. The zero-order chi connectivity index (χ0) is 15.2. The lowest BCUT2D eigenvalue weighted by Gasteiger charge is -2.13. The third kappa shape index (κ3) is 1.07. The molecule has 2 rings (SSSR count). The highest BCUT2D eigenvalue weighted by Gasteiger charge is 2.93. The van der Waals surface area contributed by atoms with Gasteiger partial charge in [-0.2, -0.15) is 21.0 Å². The van der Waals surface area contributed by atoms with E-state index in [0.717, 1.165) is 5.57 Å². The van der Waals surface area contributed by atoms with E-state index in [-0.39, 0.29) is 0 Å². The van der Waals surface area contributed by atoms with Gasteiger partial charge in [0.05, 0.1) is 24.3 Å². The molecule has 0 N–H and O–H groups in total. The van der Waals surface area contributed by atoms with E-state index in [1.165, 1.54) is 0 Å². The third-order valence-electron chi connectivity index (χ3n) is 4.05. The molecule has 5 heteroatoms. The van der Waals surface area contributed by atoms with Gasteiger partial charge in [0.25, 0.3) is 0 Å². The average Bonchev–Trinajstić information content (AvgIpc) is 2.97. The number of allylic oxidation sites excluding steroid dienone is 3. The van der Waals surface area contributed by atoms with E-state index in [4.69, 9.17) is 0 Å². The fraction of sp³-hybridized carbons (Fsp3) is 0.400. The average molecular weight is 261 g/mol. The zero-order valence-electron chi connectivity index (χ0n) is 11.4. The molecule has 0 saturated heterocycles. The maximum atomic E-state index is 9.45. The lowest BCUT2D eigenvalue weighted by molar-refractivity contribution is 0.672. The number of aliphatic imine (C=N–C) groups is 1. The Balaban J connectivity index is 2.89. The first-order valence-corrected chi connectivity index (χ1v) is 6.00. The Morgan fingerprint density at radius 3 is 1.70 bits per heavy atom. The summed E-state index contributed by atoms with van der Waals surface area (Å²) in [7, 11) is 0. The van der Waals surface area contributed by atoms with E-state index in [9.17, 15) is 21.0 Å². The second-order valence-corrected chi connectivity index (χ2v) is 5.13. The van der Waals surface area contributed by atoms with Crippen LogP contribution in [0.2, 0.25) is 0 Å². The topological polar surface area (TPSA) is 108 Å². The molecular weight excluding hydrogens is 250 g/mol. The van der Waals surface area contributed by atoms with Crippen LogP contribution in [0.3, 0.4) is 0 Å². The molecule has 96 valence electrons. The molecule has 0 unspecified atom stereocenters. The van der Waals surface area contributed by atoms with Gasteiger partial charge in [-0.05, 0) is 38.0 Å². The van der Waals surface area contributed by atoms with Gasteiger partial charge in [-0.15, -0.1) is 0 Å². The van der Waals surface area contributed by atoms with E-state index in [0.29, 0.717) is 11.3 Å². The Bertz CT molecular complexity index is 686. The van der Waals surface area contributed by atoms with Crippen molar-refractivity contribution in [2.45, 2.75) is 26.3 Å². The molecule has 1 aliphatic heterocycles. The van der Waals surface area contributed by atoms with Crippen molar-refractivity contribution < 1.29 is 0 Å². The molecule has 1 aliphatic carbocycles. The summed E-state index contributed by atoms with van der Waals surface area (Å²) >= 11 is 0. The van der Waals surface area contributed by atoms with Gasteiger partial charge >= 0.3 is 0 Å². The van der Waals surface area contributed by atoms with Crippen LogP contribution in [0, 0.1) is 56.2 Å². The van der Waals surface area contributed by atoms with Crippen LogP contribution in [0.15, 0.2) is 28.3 Å². The lowest BCUT2D eigenvalue weighted by Crippen LogP contribution is -2.20. The minimum atomic E-state index is -1.76. The van der Waals surface area contributed by atoms with Crippen LogP contribution in [0.25, 0.3) is 0 Å². The molecule has 0 aromatic heterocycles. The zero-order valence-corrected chi connectivity index (χ0v) is 11.4. The van der Waals surface area contributed by atoms with Crippen molar-refractivity contribution in [3.05, 3.63) is 23.3 Å². The fourth-order valence-corrected chi connectivity index (χ4v) is 3.22. The molecular formula is C15H11N5. The van der Waals surface area contributed by atoms with Crippen LogP contribution in [-0.2, 0) is 0 Å². The van der Waals surface area contributed by atoms with Gasteiger partial charge in [-0.3, -0.25) is 4.99 Å². The van der Waals surface area contributed by atoms with Crippen LogP contribution in [-0.4, -0.2) is 11.3 Å². The van der Waals surface area contributed by atoms with Crippen molar-refractivity contribution in [2.24, 2.45) is 15.8 Å². The van der Waals surface area contributed by atoms with Crippen LogP contribution < -0.4 is 0 Å². The predicted molar refractivity (Wildman–Crippen MR) is 70.7 cm³/mol. The number of nitrogens with zero attached hydrogens (tertiary/aromatic N) is 5. The van der Waals surface area contributed by atoms with Gasteiger partial charge in [0.15, 0.2) is 5.54 Å². The minimum absolute atomic E-state index is 0.592. The molecule has 0 radical (unpaired) electrons. The second kappa shape index (κ2) is 3.80. The maximum Gasteiger partial charge on any atom is 0.209 e. The van der Waals surface area contributed by atoms with Gasteiger partial charge < -0.3 is 0 Å². The molecule has 20 heavy (non-hydrogen) atoms. The standard InChI is InChI=1S/C15H11N5/c1-10-4-11(2)15(20-12(3)5-10)13(6-16,7-17)14(15,8-18)9-19/h4-5H,1-3H3. The monoisotopic (exact) mass is 261 g/mol. The highest BCUT2D eigenvalue weighted by Crippen LogP contribution is 2.76. The first-order valence-electron chi connectivity index (χ1n) is 6.00. The molecule has 1 spiro atoms. The predicted octanol–water partition coefficient (Wildman–Crippen LogP) is 2.17. The van der Waals surface area contributed by atoms with Crippen LogP contribution in [0.4, 0.5) is 0 Å². The fourth-order valence-electron chi connectivity index (χ4n) is 3.22. The SMILES string of the molecule is CC1=CC(C)=NC2(C(C)=C1)C(C#N)(C#N)C2(C#N)C#N. The van der Waals surface area contributed by atoms with E-state index in [1.807, 2.05) is 31.2 Å². The van der Waals surface area contributed by atoms with Crippen LogP contribution in [0.1, 0.15) is 20.8 Å². The lowest BCUT2D eigenvalue weighted by atomic mass is 9.95. The van der Waals surface area contributed by atoms with Crippen LogP contribution in [0.5, 0.6) is 0 Å². The van der Waals surface area contributed by atoms with Gasteiger partial charge in [0, 0.05) is 5.71 Å². The highest BCUT2D eigenvalue weighted by atomic mass is 15.1. The largest absolute Gasteiger partial charge is 0.273 e. The summed E-state index contributed by atoms with van der Waals surface area (Å²) < 4.78 is 0. The van der Waals surface area contributed by atoms with Gasteiger partial charge in [-0.1, -0.05) is 6.08 Å². The first-order chi connectivity index (χ1) is 9.41. The normalized spacial score (nSPS) is 23.6. The minimum Gasteiger partial charge on any atom is -0.273 e. The summed E-state index contributed by atoms with van der Waals surface area (Å²) in [4.78, 5) is 4.42. The molecule has 0 bridgehead atoms. The molecule has 0 aromatic carbocycles. The maximum absolute atomic E-state index is 9.45. The van der Waals surface area contributed by atoms with E-state index in [1.54, 1.807) is 26.0 Å². The first kappa shape index (κ1) is 13.5. The summed E-state index contributed by atoms with van der Waals surface area (Å²) in [6.45, 7) is 5.30. The molecule has 0 amide bonds. The van der Waals surface area contributed by atoms with Crippen molar-refractivity contribution in [1.82, 2.24) is 0 Å². The highest BCUT2D eigenvalue weighted by molar-refractivity contribution is 5.96. The number of nitriles is 4.